The number of hydrogen-bond acceptors (Lipinski definition) is 7. The molecule has 2 N–H and O–H groups in total. The number of benzene rings is 1. The quantitative estimate of drug-likeness (QED) is 0.357. The van der Waals surface area contributed by atoms with Crippen LogP contribution in [-0.4, -0.2) is 81.6 Å². The van der Waals surface area contributed by atoms with Crippen LogP contribution in [0.1, 0.15) is 25.5 Å². The van der Waals surface area contributed by atoms with Gasteiger partial charge in [0.05, 0.1) is 25.3 Å². The van der Waals surface area contributed by atoms with Crippen molar-refractivity contribution in [3.05, 3.63) is 36.2 Å². The molecule has 2 aromatic heterocycles. The van der Waals surface area contributed by atoms with E-state index >= 15 is 0 Å². The van der Waals surface area contributed by atoms with Gasteiger partial charge >= 0.3 is 41.3 Å². The van der Waals surface area contributed by atoms with Gasteiger partial charge in [-0.2, -0.15) is 13.8 Å². The van der Waals surface area contributed by atoms with Crippen LogP contribution >= 0.6 is 0 Å². The zero-order chi connectivity index (χ0) is 22.8. The standard InChI is InChI=1S/C16H15F2N3O4S.C4H10O.Na.H/c1-23-13-5-6-19-12(14(13)24-2)8-26(22)16-20-10-4-3-9(25-15(17)18)7-11(10)21-16;1-2-3-4-5;;/h3-7,15H,8H2,1-2H3,(H,20,21);5H,2-4H2,1H3;;. The molecule has 0 fully saturated rings. The first-order valence-corrected chi connectivity index (χ1v) is 10.7. The van der Waals surface area contributed by atoms with Crippen molar-refractivity contribution in [2.75, 3.05) is 20.8 Å². The van der Waals surface area contributed by atoms with Crippen molar-refractivity contribution in [3.8, 4) is 17.2 Å². The fourth-order valence-electron chi connectivity index (χ4n) is 2.55. The van der Waals surface area contributed by atoms with Crippen molar-refractivity contribution in [2.24, 2.45) is 0 Å². The van der Waals surface area contributed by atoms with Gasteiger partial charge in [-0.25, -0.2) is 0 Å². The van der Waals surface area contributed by atoms with E-state index in [1.54, 1.807) is 6.07 Å². The van der Waals surface area contributed by atoms with Crippen molar-refractivity contribution in [2.45, 2.75) is 37.3 Å². The molecule has 3 aromatic rings. The van der Waals surface area contributed by atoms with Gasteiger partial charge in [-0.15, -0.1) is 0 Å². The molecule has 2 heterocycles. The van der Waals surface area contributed by atoms with E-state index in [4.69, 9.17) is 14.6 Å². The number of aromatic nitrogens is 3. The molecule has 1 atom stereocenters. The Balaban J connectivity index is 0.000000770. The number of halogens is 2. The molecule has 172 valence electrons. The average molecular weight is 481 g/mol. The number of hydrogen-bond donors (Lipinski definition) is 2. The number of aliphatic hydroxyl groups is 1. The Morgan fingerprint density at radius 3 is 2.53 bits per heavy atom. The van der Waals surface area contributed by atoms with Crippen LogP contribution in [0.5, 0.6) is 17.2 Å². The average Bonchev–Trinajstić information content (AvgIpc) is 3.17. The summed E-state index contributed by atoms with van der Waals surface area (Å²) in [4.78, 5) is 11.3. The molecule has 3 rings (SSSR count). The zero-order valence-electron chi connectivity index (χ0n) is 17.4. The molecule has 0 spiro atoms. The maximum absolute atomic E-state index is 12.6. The molecule has 0 bridgehead atoms. The van der Waals surface area contributed by atoms with Crippen molar-refractivity contribution >= 4 is 51.8 Å². The summed E-state index contributed by atoms with van der Waals surface area (Å²) in [6, 6.07) is 5.90. The number of alkyl halides is 2. The van der Waals surface area contributed by atoms with Crippen molar-refractivity contribution in [3.63, 3.8) is 0 Å². The predicted octanol–water partition coefficient (Wildman–Crippen LogP) is 3.01. The fourth-order valence-corrected chi connectivity index (χ4v) is 3.56. The summed E-state index contributed by atoms with van der Waals surface area (Å²) in [5.74, 6) is 0.896. The van der Waals surface area contributed by atoms with Gasteiger partial charge in [-0.3, -0.25) is 9.97 Å². The van der Waals surface area contributed by atoms with Gasteiger partial charge in [0.2, 0.25) is 0 Å². The summed E-state index contributed by atoms with van der Waals surface area (Å²) in [7, 11) is 2.97. The van der Waals surface area contributed by atoms with E-state index in [0.717, 1.165) is 12.8 Å². The summed E-state index contributed by atoms with van der Waals surface area (Å²) < 4.78 is 52.1. The summed E-state index contributed by atoms with van der Waals surface area (Å²) >= 11 is -1.56. The molecule has 0 saturated heterocycles. The van der Waals surface area contributed by atoms with E-state index < -0.39 is 17.8 Å². The molecular formula is C20H26F2N3NaO5S. The Morgan fingerprint density at radius 2 is 1.97 bits per heavy atom. The van der Waals surface area contributed by atoms with Crippen LogP contribution in [-0.2, 0) is 16.9 Å². The van der Waals surface area contributed by atoms with Crippen LogP contribution in [0.25, 0.3) is 11.0 Å². The first-order chi connectivity index (χ1) is 14.9. The fraction of sp³-hybridized carbons (Fsp3) is 0.400. The maximum atomic E-state index is 12.6. The predicted molar refractivity (Wildman–Crippen MR) is 119 cm³/mol. The summed E-state index contributed by atoms with van der Waals surface area (Å²) in [5, 5.41) is 8.26. The second-order valence-electron chi connectivity index (χ2n) is 6.16. The molecule has 0 aliphatic rings. The van der Waals surface area contributed by atoms with E-state index in [2.05, 4.69) is 26.6 Å². The van der Waals surface area contributed by atoms with E-state index in [-0.39, 0.29) is 46.2 Å². The molecule has 1 aromatic carbocycles. The Morgan fingerprint density at radius 1 is 1.22 bits per heavy atom. The molecule has 0 aliphatic carbocycles. The van der Waals surface area contributed by atoms with E-state index in [1.165, 1.54) is 38.6 Å². The van der Waals surface area contributed by atoms with Gasteiger partial charge in [0, 0.05) is 36.1 Å². The third kappa shape index (κ3) is 8.05. The summed E-state index contributed by atoms with van der Waals surface area (Å²) in [6.07, 6.45) is 3.57. The number of aromatic amines is 1. The van der Waals surface area contributed by atoms with Crippen LogP contribution in [0.15, 0.2) is 35.6 Å². The van der Waals surface area contributed by atoms with Crippen LogP contribution in [0.3, 0.4) is 0 Å². The molecule has 8 nitrogen and oxygen atoms in total. The Labute approximate surface area is 210 Å². The third-order valence-electron chi connectivity index (χ3n) is 4.02. The van der Waals surface area contributed by atoms with Gasteiger partial charge in [0.15, 0.2) is 17.3 Å². The second-order valence-corrected chi connectivity index (χ2v) is 7.53. The zero-order valence-corrected chi connectivity index (χ0v) is 18.2. The topological polar surface area (TPSA) is 113 Å². The number of fused-ring (bicyclic) bond motifs is 1. The number of aliphatic hydroxyl groups excluding tert-OH is 1. The molecule has 0 amide bonds. The van der Waals surface area contributed by atoms with E-state index in [0.29, 0.717) is 34.8 Å². The minimum atomic E-state index is -2.92. The number of H-pyrrole nitrogens is 1. The third-order valence-corrected chi connectivity index (χ3v) is 5.18. The van der Waals surface area contributed by atoms with Gasteiger partial charge in [0.25, 0.3) is 0 Å². The number of methoxy groups -OCH3 is 2. The van der Waals surface area contributed by atoms with Gasteiger partial charge < -0.3 is 23.9 Å². The van der Waals surface area contributed by atoms with Gasteiger partial charge in [-0.1, -0.05) is 13.3 Å². The molecule has 0 saturated carbocycles. The molecule has 12 heteroatoms. The molecule has 0 radical (unpaired) electrons. The van der Waals surface area contributed by atoms with Crippen molar-refractivity contribution in [1.82, 2.24) is 15.0 Å². The SMILES string of the molecule is CCCCO.COc1ccnc(C[S+]([O-])c2nc3cc(OC(F)F)ccc3[nH]2)c1OC.[NaH]. The van der Waals surface area contributed by atoms with Crippen LogP contribution < -0.4 is 14.2 Å². The monoisotopic (exact) mass is 481 g/mol. The molecule has 1 unspecified atom stereocenters. The van der Waals surface area contributed by atoms with Gasteiger partial charge in [0.1, 0.15) is 11.4 Å². The van der Waals surface area contributed by atoms with E-state index in [9.17, 15) is 13.3 Å². The normalized spacial score (nSPS) is 11.4. The number of pyridine rings is 1. The first-order valence-electron chi connectivity index (χ1n) is 9.43. The Hall–Kier alpha value is -1.63. The van der Waals surface area contributed by atoms with Crippen LogP contribution in [0, 0.1) is 0 Å². The van der Waals surface area contributed by atoms with Crippen molar-refractivity contribution in [1.29, 1.82) is 0 Å². The first kappa shape index (κ1) is 28.4. The molecule has 0 aliphatic heterocycles. The summed E-state index contributed by atoms with van der Waals surface area (Å²) in [5.41, 5.74) is 1.38. The number of imidazole rings is 1. The second kappa shape index (κ2) is 14.5. The summed E-state index contributed by atoms with van der Waals surface area (Å²) in [6.45, 7) is -0.529. The van der Waals surface area contributed by atoms with E-state index in [1.807, 2.05) is 0 Å². The molecule has 32 heavy (non-hydrogen) atoms. The number of nitrogens with zero attached hydrogens (tertiary/aromatic N) is 2. The number of unbranched alkanes of at least 4 members (excludes halogenated alkanes) is 1. The number of nitrogens with one attached hydrogen (secondary N) is 1. The minimum absolute atomic E-state index is 0. The number of ether oxygens (including phenoxy) is 3. The Bertz CT molecular complexity index is 962. The number of rotatable bonds is 9. The molecular weight excluding hydrogens is 455 g/mol. The van der Waals surface area contributed by atoms with Crippen LogP contribution in [0.4, 0.5) is 8.78 Å². The Kier molecular flexibility index (Phi) is 12.9. The van der Waals surface area contributed by atoms with Gasteiger partial charge in [-0.05, 0) is 18.6 Å². The van der Waals surface area contributed by atoms with Crippen LogP contribution in [0.2, 0.25) is 0 Å². The van der Waals surface area contributed by atoms with Crippen molar-refractivity contribution < 1.29 is 32.7 Å².